The van der Waals surface area contributed by atoms with Crippen LogP contribution in [0.3, 0.4) is 0 Å². The molecule has 3 heterocycles. The first-order valence-electron chi connectivity index (χ1n) is 9.84. The van der Waals surface area contributed by atoms with Crippen molar-refractivity contribution in [3.63, 3.8) is 0 Å². The molecule has 2 aromatic heterocycles. The second-order valence-corrected chi connectivity index (χ2v) is 8.33. The molecule has 0 spiro atoms. The molecular formula is C20H26N6O3S. The summed E-state index contributed by atoms with van der Waals surface area (Å²) in [6.45, 7) is 4.63. The number of hydrogen-bond donors (Lipinski definition) is 1. The van der Waals surface area contributed by atoms with E-state index in [-0.39, 0.29) is 5.91 Å². The van der Waals surface area contributed by atoms with Crippen molar-refractivity contribution >= 4 is 38.3 Å². The summed E-state index contributed by atoms with van der Waals surface area (Å²) in [7, 11) is 5.64. The predicted octanol–water partition coefficient (Wildman–Crippen LogP) is 2.15. The van der Waals surface area contributed by atoms with E-state index in [9.17, 15) is 4.79 Å². The van der Waals surface area contributed by atoms with Crippen molar-refractivity contribution in [3.05, 3.63) is 30.1 Å². The molecule has 1 aliphatic rings. The Hall–Kier alpha value is -2.69. The molecule has 0 aliphatic carbocycles. The van der Waals surface area contributed by atoms with Gasteiger partial charge in [-0.3, -0.25) is 14.8 Å². The number of nitrogens with one attached hydrogen (secondary N) is 1. The fourth-order valence-corrected chi connectivity index (χ4v) is 4.33. The minimum atomic E-state index is -0.225. The normalized spacial score (nSPS) is 14.5. The van der Waals surface area contributed by atoms with Crippen molar-refractivity contribution in [2.75, 3.05) is 64.3 Å². The monoisotopic (exact) mass is 430 g/mol. The molecule has 0 unspecified atom stereocenters. The van der Waals surface area contributed by atoms with Gasteiger partial charge in [-0.25, -0.2) is 4.98 Å². The number of amides is 1. The summed E-state index contributed by atoms with van der Waals surface area (Å²) in [6, 6.07) is 3.97. The van der Waals surface area contributed by atoms with Gasteiger partial charge in [-0.2, -0.15) is 5.10 Å². The Balaban J connectivity index is 1.56. The molecule has 1 amide bonds. The lowest BCUT2D eigenvalue weighted by Crippen LogP contribution is -2.36. The largest absolute Gasteiger partial charge is 0.494 e. The van der Waals surface area contributed by atoms with E-state index < -0.39 is 0 Å². The highest BCUT2D eigenvalue weighted by molar-refractivity contribution is 7.23. The number of likely N-dealkylation sites (N-methyl/N-ethyl adjacent to an activating group) is 1. The summed E-state index contributed by atoms with van der Waals surface area (Å²) in [5, 5.41) is 7.72. The zero-order valence-corrected chi connectivity index (χ0v) is 18.2. The number of aromatic nitrogens is 3. The number of hydrogen-bond acceptors (Lipinski definition) is 8. The zero-order valence-electron chi connectivity index (χ0n) is 17.4. The Morgan fingerprint density at radius 2 is 2.13 bits per heavy atom. The molecular weight excluding hydrogens is 404 g/mol. The van der Waals surface area contributed by atoms with Gasteiger partial charge in [-0.15, -0.1) is 0 Å². The van der Waals surface area contributed by atoms with Gasteiger partial charge in [0.25, 0.3) is 5.91 Å². The smallest absolute Gasteiger partial charge is 0.260 e. The van der Waals surface area contributed by atoms with E-state index in [2.05, 4.69) is 25.2 Å². The van der Waals surface area contributed by atoms with Crippen LogP contribution in [0.4, 0.5) is 10.8 Å². The Morgan fingerprint density at radius 3 is 2.87 bits per heavy atom. The van der Waals surface area contributed by atoms with Gasteiger partial charge in [0.05, 0.1) is 49.0 Å². The molecule has 9 nitrogen and oxygen atoms in total. The molecule has 0 saturated carbocycles. The van der Waals surface area contributed by atoms with Gasteiger partial charge in [0.2, 0.25) is 0 Å². The average Bonchev–Trinajstić information content (AvgIpc) is 3.39. The summed E-state index contributed by atoms with van der Waals surface area (Å²) >= 11 is 1.45. The summed E-state index contributed by atoms with van der Waals surface area (Å²) in [6.07, 6.45) is 3.34. The van der Waals surface area contributed by atoms with Gasteiger partial charge >= 0.3 is 0 Å². The number of carbonyl (C=O) groups excluding carboxylic acids is 1. The van der Waals surface area contributed by atoms with E-state index >= 15 is 0 Å². The van der Waals surface area contributed by atoms with Crippen LogP contribution in [-0.4, -0.2) is 79.6 Å². The minimum Gasteiger partial charge on any atom is -0.494 e. The van der Waals surface area contributed by atoms with Crippen molar-refractivity contribution in [2.45, 2.75) is 6.54 Å². The van der Waals surface area contributed by atoms with Gasteiger partial charge in [-0.05, 0) is 26.2 Å². The maximum atomic E-state index is 12.7. The molecule has 1 saturated heterocycles. The lowest BCUT2D eigenvalue weighted by atomic mass is 10.2. The van der Waals surface area contributed by atoms with Gasteiger partial charge in [0.15, 0.2) is 5.13 Å². The number of morpholine rings is 1. The summed E-state index contributed by atoms with van der Waals surface area (Å²) < 4.78 is 13.7. The number of anilines is 2. The number of benzene rings is 1. The van der Waals surface area contributed by atoms with E-state index in [1.807, 2.05) is 26.2 Å². The van der Waals surface area contributed by atoms with Crippen molar-refractivity contribution in [3.8, 4) is 5.75 Å². The van der Waals surface area contributed by atoms with Crippen LogP contribution in [-0.2, 0) is 11.3 Å². The van der Waals surface area contributed by atoms with Crippen LogP contribution < -0.4 is 15.0 Å². The molecule has 160 valence electrons. The molecule has 1 fully saturated rings. The first-order chi connectivity index (χ1) is 14.5. The van der Waals surface area contributed by atoms with Crippen molar-refractivity contribution in [2.24, 2.45) is 0 Å². The SMILES string of the molecule is COc1ccc(N2CCOCC2)c2sc(NC(=O)c3cnn(CCN(C)C)c3)nc12. The molecule has 10 heteroatoms. The van der Waals surface area contributed by atoms with Crippen molar-refractivity contribution in [1.82, 2.24) is 19.7 Å². The van der Waals surface area contributed by atoms with Gasteiger partial charge in [-0.1, -0.05) is 11.3 Å². The number of thiazole rings is 1. The van der Waals surface area contributed by atoms with Gasteiger partial charge in [0.1, 0.15) is 11.3 Å². The topological polar surface area (TPSA) is 84.8 Å². The van der Waals surface area contributed by atoms with Gasteiger partial charge < -0.3 is 19.3 Å². The van der Waals surface area contributed by atoms with E-state index in [1.54, 1.807) is 24.2 Å². The average molecular weight is 431 g/mol. The number of ether oxygens (including phenoxy) is 2. The Morgan fingerprint density at radius 1 is 1.33 bits per heavy atom. The standard InChI is InChI=1S/C20H26N6O3S/c1-24(2)6-7-26-13-14(12-21-26)19(27)23-20-22-17-16(28-3)5-4-15(18(17)30-20)25-8-10-29-11-9-25/h4-5,12-13H,6-11H2,1-3H3,(H,22,23,27). The minimum absolute atomic E-state index is 0.225. The molecule has 3 aromatic rings. The van der Waals surface area contributed by atoms with E-state index in [1.165, 1.54) is 11.3 Å². The number of fused-ring (bicyclic) bond motifs is 1. The van der Waals surface area contributed by atoms with E-state index in [0.29, 0.717) is 29.7 Å². The second kappa shape index (κ2) is 8.99. The highest BCUT2D eigenvalue weighted by atomic mass is 32.1. The number of rotatable bonds is 7. The molecule has 1 N–H and O–H groups in total. The number of nitrogens with zero attached hydrogens (tertiary/aromatic N) is 5. The molecule has 0 atom stereocenters. The lowest BCUT2D eigenvalue weighted by Gasteiger charge is -2.29. The Labute approximate surface area is 179 Å². The zero-order chi connectivity index (χ0) is 21.1. The fourth-order valence-electron chi connectivity index (χ4n) is 3.32. The van der Waals surface area contributed by atoms with Crippen LogP contribution in [0.1, 0.15) is 10.4 Å². The summed E-state index contributed by atoms with van der Waals surface area (Å²) in [4.78, 5) is 21.7. The van der Waals surface area contributed by atoms with E-state index in [4.69, 9.17) is 9.47 Å². The third kappa shape index (κ3) is 4.40. The first kappa shape index (κ1) is 20.6. The Kier molecular flexibility index (Phi) is 6.16. The molecule has 0 bridgehead atoms. The van der Waals surface area contributed by atoms with Crippen LogP contribution in [0, 0.1) is 0 Å². The molecule has 30 heavy (non-hydrogen) atoms. The van der Waals surface area contributed by atoms with Crippen LogP contribution in [0.5, 0.6) is 5.75 Å². The molecule has 1 aliphatic heterocycles. The quantitative estimate of drug-likeness (QED) is 0.615. The second-order valence-electron chi connectivity index (χ2n) is 7.33. The summed E-state index contributed by atoms with van der Waals surface area (Å²) in [5.74, 6) is 0.465. The maximum Gasteiger partial charge on any atom is 0.260 e. The fraction of sp³-hybridized carbons (Fsp3) is 0.450. The lowest BCUT2D eigenvalue weighted by molar-refractivity contribution is 0.102. The first-order valence-corrected chi connectivity index (χ1v) is 10.7. The third-order valence-corrected chi connectivity index (χ3v) is 5.94. The maximum absolute atomic E-state index is 12.7. The predicted molar refractivity (Wildman–Crippen MR) is 118 cm³/mol. The highest BCUT2D eigenvalue weighted by Crippen LogP contribution is 2.39. The van der Waals surface area contributed by atoms with Crippen LogP contribution in [0.15, 0.2) is 24.5 Å². The molecule has 0 radical (unpaired) electrons. The van der Waals surface area contributed by atoms with Crippen LogP contribution in [0.25, 0.3) is 10.2 Å². The molecule has 1 aromatic carbocycles. The van der Waals surface area contributed by atoms with Gasteiger partial charge in [0, 0.05) is 25.8 Å². The van der Waals surface area contributed by atoms with Crippen molar-refractivity contribution in [1.29, 1.82) is 0 Å². The number of methoxy groups -OCH3 is 1. The van der Waals surface area contributed by atoms with Crippen molar-refractivity contribution < 1.29 is 14.3 Å². The number of carbonyl (C=O) groups is 1. The van der Waals surface area contributed by atoms with Crippen LogP contribution >= 0.6 is 11.3 Å². The highest BCUT2D eigenvalue weighted by Gasteiger charge is 2.20. The Bertz CT molecular complexity index is 1020. The third-order valence-electron chi connectivity index (χ3n) is 4.95. The molecule has 4 rings (SSSR count). The summed E-state index contributed by atoms with van der Waals surface area (Å²) in [5.41, 5.74) is 2.35. The van der Waals surface area contributed by atoms with E-state index in [0.717, 1.165) is 42.1 Å². The van der Waals surface area contributed by atoms with Crippen LogP contribution in [0.2, 0.25) is 0 Å².